The van der Waals surface area contributed by atoms with Gasteiger partial charge in [-0.25, -0.2) is 4.79 Å². The Morgan fingerprint density at radius 3 is 2.86 bits per heavy atom. The topological polar surface area (TPSA) is 86.7 Å². The molecular weight excluding hydrogens is 274 g/mol. The standard InChI is InChI=1S/C14H13N3O4/c1-11(18)21-15-9-13-6-4-8-16(13)10-12-5-2-3-7-14(12)17(19)20/h2-9H,10H2,1H3/b15-9-. The van der Waals surface area contributed by atoms with Gasteiger partial charge in [-0.3, -0.25) is 10.1 Å². The van der Waals surface area contributed by atoms with Crippen LogP contribution in [0.5, 0.6) is 0 Å². The molecule has 0 aliphatic carbocycles. The van der Waals surface area contributed by atoms with Crippen molar-refractivity contribution in [3.63, 3.8) is 0 Å². The number of carbonyl (C=O) groups is 1. The molecular formula is C14H13N3O4. The van der Waals surface area contributed by atoms with Gasteiger partial charge in [0, 0.05) is 24.8 Å². The first kappa shape index (κ1) is 14.4. The average molecular weight is 287 g/mol. The molecule has 0 unspecified atom stereocenters. The molecule has 1 heterocycles. The quantitative estimate of drug-likeness (QED) is 0.365. The van der Waals surface area contributed by atoms with Gasteiger partial charge in [0.1, 0.15) is 0 Å². The fourth-order valence-corrected chi connectivity index (χ4v) is 1.85. The van der Waals surface area contributed by atoms with Crippen molar-refractivity contribution in [2.24, 2.45) is 5.16 Å². The molecule has 1 aromatic carbocycles. The number of hydrogen-bond acceptors (Lipinski definition) is 5. The van der Waals surface area contributed by atoms with E-state index in [1.54, 1.807) is 41.1 Å². The minimum Gasteiger partial charge on any atom is -0.342 e. The minimum atomic E-state index is -0.511. The molecule has 0 aliphatic rings. The summed E-state index contributed by atoms with van der Waals surface area (Å²) in [6.07, 6.45) is 3.15. The molecule has 0 saturated heterocycles. The van der Waals surface area contributed by atoms with Crippen molar-refractivity contribution >= 4 is 17.9 Å². The molecule has 0 atom stereocenters. The van der Waals surface area contributed by atoms with Gasteiger partial charge in [-0.15, -0.1) is 0 Å². The lowest BCUT2D eigenvalue weighted by Gasteiger charge is -2.06. The number of rotatable bonds is 5. The van der Waals surface area contributed by atoms with Gasteiger partial charge in [0.15, 0.2) is 0 Å². The van der Waals surface area contributed by atoms with E-state index in [-0.39, 0.29) is 5.69 Å². The van der Waals surface area contributed by atoms with E-state index in [4.69, 9.17) is 0 Å². The molecule has 0 saturated carbocycles. The predicted octanol–water partition coefficient (Wildman–Crippen LogP) is 2.34. The third-order valence-corrected chi connectivity index (χ3v) is 2.76. The molecule has 0 aliphatic heterocycles. The van der Waals surface area contributed by atoms with Crippen LogP contribution >= 0.6 is 0 Å². The lowest BCUT2D eigenvalue weighted by Crippen LogP contribution is -2.05. The Morgan fingerprint density at radius 2 is 2.14 bits per heavy atom. The second kappa shape index (κ2) is 6.47. The van der Waals surface area contributed by atoms with Gasteiger partial charge in [0.2, 0.25) is 0 Å². The minimum absolute atomic E-state index is 0.0640. The van der Waals surface area contributed by atoms with E-state index in [0.29, 0.717) is 17.8 Å². The summed E-state index contributed by atoms with van der Waals surface area (Å²) < 4.78 is 1.77. The highest BCUT2D eigenvalue weighted by atomic mass is 16.7. The normalized spacial score (nSPS) is 10.7. The summed E-state index contributed by atoms with van der Waals surface area (Å²) >= 11 is 0. The maximum atomic E-state index is 11.0. The Bertz CT molecular complexity index is 691. The zero-order chi connectivity index (χ0) is 15.2. The number of para-hydroxylation sites is 1. The lowest BCUT2D eigenvalue weighted by atomic mass is 10.2. The summed E-state index contributed by atoms with van der Waals surface area (Å²) in [5.74, 6) is -0.511. The van der Waals surface area contributed by atoms with Crippen LogP contribution in [0, 0.1) is 10.1 Å². The van der Waals surface area contributed by atoms with Crippen LogP contribution in [0.1, 0.15) is 18.2 Å². The van der Waals surface area contributed by atoms with E-state index in [2.05, 4.69) is 9.99 Å². The molecule has 2 rings (SSSR count). The number of benzene rings is 1. The first-order valence-corrected chi connectivity index (χ1v) is 6.16. The van der Waals surface area contributed by atoms with Crippen molar-refractivity contribution in [3.8, 4) is 0 Å². The van der Waals surface area contributed by atoms with Crippen molar-refractivity contribution in [2.75, 3.05) is 0 Å². The molecule has 0 fully saturated rings. The monoisotopic (exact) mass is 287 g/mol. The van der Waals surface area contributed by atoms with E-state index >= 15 is 0 Å². The highest BCUT2D eigenvalue weighted by Gasteiger charge is 2.13. The Balaban J connectivity index is 2.22. The van der Waals surface area contributed by atoms with E-state index in [1.165, 1.54) is 19.2 Å². The van der Waals surface area contributed by atoms with Crippen LogP contribution in [0.4, 0.5) is 5.69 Å². The molecule has 0 bridgehead atoms. The summed E-state index contributed by atoms with van der Waals surface area (Å²) in [4.78, 5) is 25.7. The van der Waals surface area contributed by atoms with Crippen LogP contribution in [-0.2, 0) is 16.2 Å². The maximum Gasteiger partial charge on any atom is 0.331 e. The number of oxime groups is 1. The van der Waals surface area contributed by atoms with Gasteiger partial charge in [-0.05, 0) is 12.1 Å². The third-order valence-electron chi connectivity index (χ3n) is 2.76. The zero-order valence-electron chi connectivity index (χ0n) is 11.3. The molecule has 1 aromatic heterocycles. The summed E-state index contributed by atoms with van der Waals surface area (Å²) in [7, 11) is 0. The molecule has 21 heavy (non-hydrogen) atoms. The van der Waals surface area contributed by atoms with Crippen molar-refractivity contribution in [1.29, 1.82) is 0 Å². The smallest absolute Gasteiger partial charge is 0.331 e. The SMILES string of the molecule is CC(=O)O/N=C\c1cccn1Cc1ccccc1[N+](=O)[O-]. The Hall–Kier alpha value is -2.96. The van der Waals surface area contributed by atoms with Crippen LogP contribution in [0.15, 0.2) is 47.8 Å². The first-order valence-electron chi connectivity index (χ1n) is 6.16. The van der Waals surface area contributed by atoms with Crippen molar-refractivity contribution in [1.82, 2.24) is 4.57 Å². The Labute approximate surface area is 120 Å². The molecule has 7 heteroatoms. The molecule has 0 spiro atoms. The van der Waals surface area contributed by atoms with Crippen LogP contribution in [0.25, 0.3) is 0 Å². The van der Waals surface area contributed by atoms with Gasteiger partial charge >= 0.3 is 5.97 Å². The van der Waals surface area contributed by atoms with Gasteiger partial charge < -0.3 is 9.40 Å². The largest absolute Gasteiger partial charge is 0.342 e. The highest BCUT2D eigenvalue weighted by molar-refractivity contribution is 5.78. The van der Waals surface area contributed by atoms with E-state index < -0.39 is 10.9 Å². The van der Waals surface area contributed by atoms with Crippen molar-refractivity contribution in [2.45, 2.75) is 13.5 Å². The summed E-state index contributed by atoms with van der Waals surface area (Å²) in [5.41, 5.74) is 1.32. The van der Waals surface area contributed by atoms with E-state index in [1.807, 2.05) is 0 Å². The van der Waals surface area contributed by atoms with Crippen LogP contribution in [-0.4, -0.2) is 21.7 Å². The zero-order valence-corrected chi connectivity index (χ0v) is 11.3. The molecule has 7 nitrogen and oxygen atoms in total. The van der Waals surface area contributed by atoms with Gasteiger partial charge in [-0.2, -0.15) is 0 Å². The molecule has 0 radical (unpaired) electrons. The van der Waals surface area contributed by atoms with Crippen LogP contribution in [0.3, 0.4) is 0 Å². The molecule has 108 valence electrons. The van der Waals surface area contributed by atoms with Gasteiger partial charge in [0.05, 0.1) is 23.4 Å². The maximum absolute atomic E-state index is 11.0. The summed E-state index contributed by atoms with van der Waals surface area (Å²) in [6.45, 7) is 1.58. The number of carbonyl (C=O) groups excluding carboxylic acids is 1. The Morgan fingerprint density at radius 1 is 1.38 bits per heavy atom. The number of nitrogens with zero attached hydrogens (tertiary/aromatic N) is 3. The highest BCUT2D eigenvalue weighted by Crippen LogP contribution is 2.19. The van der Waals surface area contributed by atoms with Crippen molar-refractivity contribution in [3.05, 3.63) is 64.0 Å². The molecule has 2 aromatic rings. The predicted molar refractivity (Wildman–Crippen MR) is 76.0 cm³/mol. The second-order valence-electron chi connectivity index (χ2n) is 4.26. The first-order chi connectivity index (χ1) is 10.1. The number of hydrogen-bond donors (Lipinski definition) is 0. The van der Waals surface area contributed by atoms with E-state index in [9.17, 15) is 14.9 Å². The summed E-state index contributed by atoms with van der Waals surface area (Å²) in [5, 5.41) is 14.5. The molecule has 0 amide bonds. The van der Waals surface area contributed by atoms with Gasteiger partial charge in [-0.1, -0.05) is 23.4 Å². The molecule has 0 N–H and O–H groups in total. The van der Waals surface area contributed by atoms with Crippen LogP contribution < -0.4 is 0 Å². The Kier molecular flexibility index (Phi) is 4.45. The lowest BCUT2D eigenvalue weighted by molar-refractivity contribution is -0.385. The third kappa shape index (κ3) is 3.75. The average Bonchev–Trinajstić information content (AvgIpc) is 2.86. The number of nitro groups is 1. The van der Waals surface area contributed by atoms with Gasteiger partial charge in [0.25, 0.3) is 5.69 Å². The van der Waals surface area contributed by atoms with Crippen molar-refractivity contribution < 1.29 is 14.6 Å². The van der Waals surface area contributed by atoms with Crippen LogP contribution in [0.2, 0.25) is 0 Å². The summed E-state index contributed by atoms with van der Waals surface area (Å²) in [6, 6.07) is 10.1. The number of aromatic nitrogens is 1. The number of nitro benzene ring substituents is 1. The second-order valence-corrected chi connectivity index (χ2v) is 4.26. The fourth-order valence-electron chi connectivity index (χ4n) is 1.85. The fraction of sp³-hybridized carbons (Fsp3) is 0.143. The van der Waals surface area contributed by atoms with E-state index in [0.717, 1.165) is 0 Å².